The van der Waals surface area contributed by atoms with Gasteiger partial charge in [-0.25, -0.2) is 4.79 Å². The van der Waals surface area contributed by atoms with Crippen LogP contribution in [0.5, 0.6) is 0 Å². The maximum atomic E-state index is 12.2. The van der Waals surface area contributed by atoms with Crippen molar-refractivity contribution >= 4 is 6.09 Å². The Bertz CT molecular complexity index is 336. The number of carbonyl (C=O) groups is 1. The topological polar surface area (TPSA) is 50.8 Å². The zero-order valence-electron chi connectivity index (χ0n) is 12.5. The van der Waals surface area contributed by atoms with Crippen LogP contribution in [-0.2, 0) is 9.47 Å². The van der Waals surface area contributed by atoms with E-state index in [2.05, 4.69) is 12.2 Å². The van der Waals surface area contributed by atoms with Gasteiger partial charge in [-0.05, 0) is 40.5 Å². The second-order valence-electron chi connectivity index (χ2n) is 6.59. The van der Waals surface area contributed by atoms with Crippen molar-refractivity contribution < 1.29 is 14.3 Å². The van der Waals surface area contributed by atoms with Crippen LogP contribution in [0.4, 0.5) is 4.79 Å². The molecule has 0 aliphatic carbocycles. The summed E-state index contributed by atoms with van der Waals surface area (Å²) in [5.41, 5.74) is -0.688. The van der Waals surface area contributed by atoms with E-state index < -0.39 is 5.60 Å². The number of amides is 1. The number of likely N-dealkylation sites (tertiary alicyclic amines) is 1. The van der Waals surface area contributed by atoms with E-state index in [1.165, 1.54) is 0 Å². The molecule has 0 aromatic carbocycles. The molecule has 0 saturated carbocycles. The van der Waals surface area contributed by atoms with E-state index in [9.17, 15) is 4.79 Å². The molecule has 2 aliphatic rings. The molecule has 1 N–H and O–H groups in total. The normalized spacial score (nSPS) is 32.4. The van der Waals surface area contributed by atoms with Crippen LogP contribution in [0.2, 0.25) is 0 Å². The lowest BCUT2D eigenvalue weighted by atomic mass is 9.85. The SMILES string of the molecule is CC1NCCOC12CCCN(C(=O)OC(C)(C)C)C2. The summed E-state index contributed by atoms with van der Waals surface area (Å²) in [5.74, 6) is 0. The van der Waals surface area contributed by atoms with E-state index in [0.29, 0.717) is 13.2 Å². The van der Waals surface area contributed by atoms with Gasteiger partial charge in [0.1, 0.15) is 11.2 Å². The van der Waals surface area contributed by atoms with Crippen molar-refractivity contribution in [2.75, 3.05) is 26.2 Å². The number of carbonyl (C=O) groups excluding carboxylic acids is 1. The third kappa shape index (κ3) is 3.39. The highest BCUT2D eigenvalue weighted by Crippen LogP contribution is 2.31. The summed E-state index contributed by atoms with van der Waals surface area (Å²) in [5, 5.41) is 3.45. The molecule has 2 unspecified atom stereocenters. The van der Waals surface area contributed by atoms with Crippen molar-refractivity contribution in [3.05, 3.63) is 0 Å². The van der Waals surface area contributed by atoms with E-state index in [0.717, 1.165) is 25.9 Å². The molecule has 110 valence electrons. The summed E-state index contributed by atoms with van der Waals surface area (Å²) in [6.45, 7) is 10.8. The third-order valence-electron chi connectivity index (χ3n) is 3.87. The number of rotatable bonds is 0. The van der Waals surface area contributed by atoms with Crippen LogP contribution in [0.3, 0.4) is 0 Å². The molecule has 2 atom stereocenters. The molecule has 0 radical (unpaired) electrons. The van der Waals surface area contributed by atoms with Gasteiger partial charge in [0.2, 0.25) is 0 Å². The number of piperidine rings is 1. The lowest BCUT2D eigenvalue weighted by Gasteiger charge is -2.48. The van der Waals surface area contributed by atoms with Crippen molar-refractivity contribution in [2.24, 2.45) is 0 Å². The molecule has 5 nitrogen and oxygen atoms in total. The highest BCUT2D eigenvalue weighted by atomic mass is 16.6. The van der Waals surface area contributed by atoms with Crippen LogP contribution >= 0.6 is 0 Å². The molecule has 19 heavy (non-hydrogen) atoms. The number of ether oxygens (including phenoxy) is 2. The average Bonchev–Trinajstić information content (AvgIpc) is 2.31. The molecule has 2 aliphatic heterocycles. The first-order valence-corrected chi connectivity index (χ1v) is 7.18. The minimum atomic E-state index is -0.445. The number of morpholine rings is 1. The Hall–Kier alpha value is -0.810. The maximum Gasteiger partial charge on any atom is 0.410 e. The predicted octanol–water partition coefficient (Wildman–Crippen LogP) is 1.76. The van der Waals surface area contributed by atoms with Gasteiger partial charge in [-0.15, -0.1) is 0 Å². The van der Waals surface area contributed by atoms with Gasteiger partial charge in [0.05, 0.1) is 13.2 Å². The summed E-state index contributed by atoms with van der Waals surface area (Å²) in [4.78, 5) is 14.0. The average molecular weight is 270 g/mol. The summed E-state index contributed by atoms with van der Waals surface area (Å²) >= 11 is 0. The third-order valence-corrected chi connectivity index (χ3v) is 3.87. The first-order chi connectivity index (χ1) is 8.82. The molecule has 5 heteroatoms. The van der Waals surface area contributed by atoms with Crippen molar-refractivity contribution in [3.63, 3.8) is 0 Å². The second kappa shape index (κ2) is 5.29. The Balaban J connectivity index is 2.02. The van der Waals surface area contributed by atoms with Gasteiger partial charge >= 0.3 is 6.09 Å². The van der Waals surface area contributed by atoms with E-state index in [4.69, 9.17) is 9.47 Å². The first kappa shape index (κ1) is 14.6. The smallest absolute Gasteiger partial charge is 0.410 e. The van der Waals surface area contributed by atoms with Gasteiger partial charge in [-0.3, -0.25) is 0 Å². The lowest BCUT2D eigenvalue weighted by molar-refractivity contribution is -0.127. The Kier molecular flexibility index (Phi) is 4.06. The fourth-order valence-corrected chi connectivity index (χ4v) is 2.84. The summed E-state index contributed by atoms with van der Waals surface area (Å²) in [6.07, 6.45) is 1.74. The highest BCUT2D eigenvalue weighted by Gasteiger charge is 2.44. The Morgan fingerprint density at radius 3 is 2.84 bits per heavy atom. The lowest BCUT2D eigenvalue weighted by Crippen LogP contribution is -2.64. The minimum Gasteiger partial charge on any atom is -0.444 e. The maximum absolute atomic E-state index is 12.2. The van der Waals surface area contributed by atoms with Crippen molar-refractivity contribution in [1.82, 2.24) is 10.2 Å². The Labute approximate surface area is 115 Å². The predicted molar refractivity (Wildman–Crippen MR) is 73.2 cm³/mol. The largest absolute Gasteiger partial charge is 0.444 e. The fraction of sp³-hybridized carbons (Fsp3) is 0.929. The van der Waals surface area contributed by atoms with Gasteiger partial charge in [0, 0.05) is 19.1 Å². The monoisotopic (exact) mass is 270 g/mol. The quantitative estimate of drug-likeness (QED) is 0.729. The number of nitrogens with zero attached hydrogens (tertiary/aromatic N) is 1. The molecule has 1 spiro atoms. The van der Waals surface area contributed by atoms with Crippen LogP contribution < -0.4 is 5.32 Å². The molecule has 0 aromatic rings. The van der Waals surface area contributed by atoms with E-state index in [1.54, 1.807) is 4.90 Å². The fourth-order valence-electron chi connectivity index (χ4n) is 2.84. The summed E-state index contributed by atoms with van der Waals surface area (Å²) < 4.78 is 11.5. The van der Waals surface area contributed by atoms with Gasteiger partial charge in [-0.2, -0.15) is 0 Å². The zero-order valence-corrected chi connectivity index (χ0v) is 12.5. The number of nitrogens with one attached hydrogen (secondary N) is 1. The van der Waals surface area contributed by atoms with Gasteiger partial charge in [0.15, 0.2) is 0 Å². The summed E-state index contributed by atoms with van der Waals surface area (Å²) in [6, 6.07) is 0.270. The summed E-state index contributed by atoms with van der Waals surface area (Å²) in [7, 11) is 0. The highest BCUT2D eigenvalue weighted by molar-refractivity contribution is 5.68. The Morgan fingerprint density at radius 2 is 2.21 bits per heavy atom. The van der Waals surface area contributed by atoms with Gasteiger partial charge < -0.3 is 19.7 Å². The van der Waals surface area contributed by atoms with Crippen LogP contribution in [0, 0.1) is 0 Å². The van der Waals surface area contributed by atoms with Crippen LogP contribution in [-0.4, -0.2) is 54.5 Å². The molecule has 2 saturated heterocycles. The van der Waals surface area contributed by atoms with Crippen molar-refractivity contribution in [2.45, 2.75) is 57.8 Å². The number of hydrogen-bond donors (Lipinski definition) is 1. The van der Waals surface area contributed by atoms with Crippen LogP contribution in [0.1, 0.15) is 40.5 Å². The standard InChI is InChI=1S/C14H26N2O3/c1-11-14(18-9-7-15-11)6-5-8-16(10-14)12(17)19-13(2,3)4/h11,15H,5-10H2,1-4H3. The van der Waals surface area contributed by atoms with Crippen molar-refractivity contribution in [1.29, 1.82) is 0 Å². The molecule has 2 rings (SSSR count). The molecule has 1 amide bonds. The molecular formula is C14H26N2O3. The van der Waals surface area contributed by atoms with Gasteiger partial charge in [0.25, 0.3) is 0 Å². The zero-order chi connectivity index (χ0) is 14.1. The second-order valence-corrected chi connectivity index (χ2v) is 6.59. The first-order valence-electron chi connectivity index (χ1n) is 7.18. The number of hydrogen-bond acceptors (Lipinski definition) is 4. The van der Waals surface area contributed by atoms with Crippen LogP contribution in [0.25, 0.3) is 0 Å². The molecular weight excluding hydrogens is 244 g/mol. The molecule has 2 heterocycles. The Morgan fingerprint density at radius 1 is 1.47 bits per heavy atom. The van der Waals surface area contributed by atoms with Gasteiger partial charge in [-0.1, -0.05) is 0 Å². The van der Waals surface area contributed by atoms with Crippen molar-refractivity contribution in [3.8, 4) is 0 Å². The van der Waals surface area contributed by atoms with E-state index in [-0.39, 0.29) is 17.7 Å². The van der Waals surface area contributed by atoms with Crippen LogP contribution in [0.15, 0.2) is 0 Å². The van der Waals surface area contributed by atoms with E-state index in [1.807, 2.05) is 20.8 Å². The minimum absolute atomic E-state index is 0.229. The molecule has 2 fully saturated rings. The molecule has 0 bridgehead atoms. The van der Waals surface area contributed by atoms with E-state index >= 15 is 0 Å². The molecule has 0 aromatic heterocycles.